The van der Waals surface area contributed by atoms with Crippen LogP contribution in [-0.4, -0.2) is 142 Å². The number of aliphatic imine (C=N–C) groups is 1. The first-order valence-electron chi connectivity index (χ1n) is 20.8. The van der Waals surface area contributed by atoms with Gasteiger partial charge in [0.2, 0.25) is 5.91 Å². The molecular weight excluding hydrogens is 783 g/mol. The smallest absolute Gasteiger partial charge is 0.351 e. The van der Waals surface area contributed by atoms with Crippen molar-refractivity contribution >= 4 is 40.1 Å². The molecule has 0 aliphatic carbocycles. The van der Waals surface area contributed by atoms with E-state index in [-0.39, 0.29) is 38.8 Å². The van der Waals surface area contributed by atoms with Crippen LogP contribution in [0.25, 0.3) is 10.9 Å². The number of carbonyl (C=O) groups is 3. The Labute approximate surface area is 351 Å². The van der Waals surface area contributed by atoms with Crippen LogP contribution in [0.1, 0.15) is 87.1 Å². The molecule has 4 heterocycles. The maximum Gasteiger partial charge on any atom is 0.351 e. The van der Waals surface area contributed by atoms with E-state index in [0.29, 0.717) is 18.0 Å². The van der Waals surface area contributed by atoms with Gasteiger partial charge in [0.05, 0.1) is 55.3 Å². The summed E-state index contributed by atoms with van der Waals surface area (Å²) < 4.78 is 48.9. The number of ketones is 1. The number of amides is 1. The molecule has 60 heavy (non-hydrogen) atoms. The van der Waals surface area contributed by atoms with Crippen LogP contribution in [0.3, 0.4) is 0 Å². The predicted octanol–water partition coefficient (Wildman–Crippen LogP) is 3.19. The number of rotatable bonds is 8. The minimum absolute atomic E-state index is 0.00520. The fraction of sp³-hybridized carbons (Fsp3) is 0.738. The number of nitrogens with one attached hydrogen (secondary N) is 2. The number of cyclic esters (lactones) is 1. The lowest BCUT2D eigenvalue weighted by Gasteiger charge is -2.48. The molecule has 14 atom stereocenters. The fourth-order valence-corrected chi connectivity index (χ4v) is 9.12. The topological polar surface area (TPSA) is 229 Å². The Morgan fingerprint density at radius 2 is 1.85 bits per heavy atom. The number of aromatic nitrogens is 2. The molecule has 17 nitrogen and oxygen atoms in total. The number of ether oxygens (including phenoxy) is 5. The quantitative estimate of drug-likeness (QED) is 0.146. The van der Waals surface area contributed by atoms with E-state index in [1.165, 1.54) is 20.8 Å². The Morgan fingerprint density at radius 3 is 2.50 bits per heavy atom. The number of aliphatic hydroxyl groups is 2. The van der Waals surface area contributed by atoms with Gasteiger partial charge in [0.1, 0.15) is 17.8 Å². The van der Waals surface area contributed by atoms with E-state index in [0.717, 1.165) is 23.4 Å². The number of hydrogen-bond acceptors (Lipinski definition) is 15. The van der Waals surface area contributed by atoms with Gasteiger partial charge >= 0.3 is 5.97 Å². The number of aromatic amines is 1. The molecule has 3 aliphatic rings. The molecule has 1 amide bonds. The lowest BCUT2D eigenvalue weighted by Crippen LogP contribution is -2.61. The van der Waals surface area contributed by atoms with Crippen LogP contribution in [-0.2, 0) is 49.5 Å². The van der Waals surface area contributed by atoms with Gasteiger partial charge in [0, 0.05) is 35.9 Å². The number of halogens is 1. The Morgan fingerprint density at radius 1 is 1.15 bits per heavy atom. The molecule has 336 valence electrons. The monoisotopic (exact) mass is 848 g/mol. The van der Waals surface area contributed by atoms with Crippen molar-refractivity contribution < 1.29 is 57.5 Å². The average molecular weight is 849 g/mol. The number of benzene rings is 1. The highest BCUT2D eigenvalue weighted by Crippen LogP contribution is 2.41. The number of H-pyrrole nitrogens is 1. The van der Waals surface area contributed by atoms with E-state index in [1.807, 2.05) is 51.0 Å². The van der Waals surface area contributed by atoms with E-state index in [2.05, 4.69) is 20.7 Å². The van der Waals surface area contributed by atoms with Crippen molar-refractivity contribution in [2.75, 3.05) is 33.0 Å². The highest BCUT2D eigenvalue weighted by Gasteiger charge is 2.57. The summed E-state index contributed by atoms with van der Waals surface area (Å²) in [6, 6.07) is 4.37. The second-order valence-electron chi connectivity index (χ2n) is 17.7. The molecule has 2 bridgehead atoms. The minimum atomic E-state index is -3.21. The number of alkyl halides is 1. The largest absolute Gasteiger partial charge is 0.457 e. The standard InChI is InChI=1S/C42H65FN6O11/c1-12-31-42(9,54)36-23(4)32(45-25(6)50)21(2)17-40(7,56-20-27(19-55-36)48-57-18-26-13-14-29-28(16-26)37(44)47-46-29)35(24(5)34(52)41(8,43)39(53)59-31)60-38-33(51)30(49(10)11)15-22(3)58-38/h13-14,16,21-24,27,30-31,33,35-36,38,48,51,54H,12,15,17-20H2,1-11H3,(H3,44,46,47)/t21-,22-,23+,24+,27?,30+,31-,33-,35-,36-,38-,40-,41+,42-/m1/s1. The normalized spacial score (nSPS) is 39.6. The number of hydroxylamine groups is 1. The Balaban J connectivity index is 1.65. The van der Waals surface area contributed by atoms with Crippen LogP contribution < -0.4 is 11.2 Å². The third-order valence-corrected chi connectivity index (χ3v) is 12.4. The molecule has 0 radical (unpaired) electrons. The Bertz CT molecular complexity index is 1870. The van der Waals surface area contributed by atoms with E-state index >= 15 is 4.39 Å². The SMILES string of the molecule is CC[C@H]1OC(=O)[C@@](C)(F)C(=O)[C@H](C)[C@@H](O[C@H]2O[C@H](C)C[C@H](N(C)C)[C@H]2O)[C@@]2(C)C[C@@H](C)C(=NC(C)=O)[C@H](C)[C@@H](OCC(NOCc3ccc4[nH]nc(N)c4c3)CO2)[C@]1(C)O. The van der Waals surface area contributed by atoms with Crippen molar-refractivity contribution in [1.82, 2.24) is 20.6 Å². The Hall–Kier alpha value is -3.46. The number of esters is 1. The van der Waals surface area contributed by atoms with Gasteiger partial charge in [-0.1, -0.05) is 33.8 Å². The summed E-state index contributed by atoms with van der Waals surface area (Å²) >= 11 is 0. The molecule has 5 rings (SSSR count). The molecular formula is C42H65FN6O11. The van der Waals surface area contributed by atoms with Crippen LogP contribution in [0.2, 0.25) is 0 Å². The summed E-state index contributed by atoms with van der Waals surface area (Å²) in [4.78, 5) is 53.4. The number of aliphatic hydroxyl groups excluding tert-OH is 1. The van der Waals surface area contributed by atoms with E-state index < -0.39 is 95.1 Å². The van der Waals surface area contributed by atoms with E-state index in [4.69, 9.17) is 34.3 Å². The van der Waals surface area contributed by atoms with Gasteiger partial charge < -0.3 is 44.5 Å². The van der Waals surface area contributed by atoms with Gasteiger partial charge in [-0.15, -0.1) is 0 Å². The summed E-state index contributed by atoms with van der Waals surface area (Å²) in [5.74, 6) is -5.67. The van der Waals surface area contributed by atoms with Crippen molar-refractivity contribution in [2.45, 2.75) is 154 Å². The highest BCUT2D eigenvalue weighted by atomic mass is 19.1. The zero-order valence-corrected chi connectivity index (χ0v) is 36.7. The zero-order valence-electron chi connectivity index (χ0n) is 36.7. The number of nitrogens with two attached hydrogens (primary N) is 1. The first kappa shape index (κ1) is 47.6. The lowest BCUT2D eigenvalue weighted by atomic mass is 9.73. The van der Waals surface area contributed by atoms with Crippen LogP contribution in [0, 0.1) is 17.8 Å². The van der Waals surface area contributed by atoms with E-state index in [1.54, 1.807) is 20.8 Å². The van der Waals surface area contributed by atoms with Gasteiger partial charge in [-0.2, -0.15) is 10.6 Å². The summed E-state index contributed by atoms with van der Waals surface area (Å²) in [7, 11) is 3.64. The van der Waals surface area contributed by atoms with Crippen molar-refractivity contribution in [2.24, 2.45) is 22.7 Å². The van der Waals surface area contributed by atoms with Crippen LogP contribution in [0.4, 0.5) is 10.2 Å². The molecule has 2 aromatic rings. The maximum atomic E-state index is 16.9. The summed E-state index contributed by atoms with van der Waals surface area (Å²) in [5.41, 5.74) is 4.19. The van der Waals surface area contributed by atoms with Gasteiger partial charge in [0.15, 0.2) is 17.9 Å². The molecule has 6 N–H and O–H groups in total. The third-order valence-electron chi connectivity index (χ3n) is 12.4. The molecule has 0 spiro atoms. The number of fused-ring (bicyclic) bond motifs is 6. The van der Waals surface area contributed by atoms with Crippen molar-refractivity contribution in [3.05, 3.63) is 23.8 Å². The van der Waals surface area contributed by atoms with E-state index in [9.17, 15) is 24.6 Å². The third kappa shape index (κ3) is 10.1. The van der Waals surface area contributed by atoms with Crippen molar-refractivity contribution in [3.8, 4) is 0 Å². The number of carbonyl (C=O) groups excluding carboxylic acids is 3. The number of nitrogens with zero attached hydrogens (tertiary/aromatic N) is 3. The molecule has 1 unspecified atom stereocenters. The van der Waals surface area contributed by atoms with Gasteiger partial charge in [-0.25, -0.2) is 14.2 Å². The van der Waals surface area contributed by atoms with Gasteiger partial charge in [-0.05, 0) is 84.7 Å². The highest BCUT2D eigenvalue weighted by molar-refractivity contribution is 6.08. The molecule has 3 aliphatic heterocycles. The zero-order chi connectivity index (χ0) is 44.5. The van der Waals surface area contributed by atoms with Crippen LogP contribution in [0.15, 0.2) is 23.2 Å². The van der Waals surface area contributed by atoms with Crippen molar-refractivity contribution in [3.63, 3.8) is 0 Å². The molecule has 3 fully saturated rings. The second kappa shape index (κ2) is 18.9. The first-order valence-corrected chi connectivity index (χ1v) is 20.8. The summed E-state index contributed by atoms with van der Waals surface area (Å²) in [5, 5.41) is 31.7. The molecule has 3 saturated heterocycles. The number of anilines is 1. The molecule has 1 aromatic heterocycles. The summed E-state index contributed by atoms with van der Waals surface area (Å²) in [6.07, 6.45) is -6.33. The maximum absolute atomic E-state index is 16.9. The number of likely N-dealkylation sites (N-methyl/N-ethyl adjacent to an activating group) is 1. The first-order chi connectivity index (χ1) is 28.0. The van der Waals surface area contributed by atoms with Gasteiger partial charge in [-0.3, -0.25) is 19.5 Å². The second-order valence-corrected chi connectivity index (χ2v) is 17.7. The molecule has 18 heteroatoms. The van der Waals surface area contributed by atoms with Gasteiger partial charge in [0.25, 0.3) is 5.67 Å². The lowest BCUT2D eigenvalue weighted by molar-refractivity contribution is -0.298. The Kier molecular flexibility index (Phi) is 15.0. The van der Waals surface area contributed by atoms with Crippen LogP contribution in [0.5, 0.6) is 0 Å². The number of hydrogen-bond donors (Lipinski definition) is 5. The molecule has 0 saturated carbocycles. The number of nitrogen functional groups attached to an aromatic ring is 1. The van der Waals surface area contributed by atoms with Crippen LogP contribution >= 0.6 is 0 Å². The number of Topliss-reactive ketones (excluding diaryl/α,β-unsaturated/α-hetero) is 1. The minimum Gasteiger partial charge on any atom is -0.457 e. The van der Waals surface area contributed by atoms with Crippen molar-refractivity contribution in [1.29, 1.82) is 0 Å². The average Bonchev–Trinajstić information content (AvgIpc) is 3.54. The fourth-order valence-electron chi connectivity index (χ4n) is 9.12. The molecule has 1 aromatic carbocycles. The summed E-state index contributed by atoms with van der Waals surface area (Å²) in [6.45, 7) is 13.5. The predicted molar refractivity (Wildman–Crippen MR) is 219 cm³/mol.